The fourth-order valence-electron chi connectivity index (χ4n) is 4.42. The summed E-state index contributed by atoms with van der Waals surface area (Å²) >= 11 is 0. The van der Waals surface area contributed by atoms with Gasteiger partial charge in [0.2, 0.25) is 5.91 Å². The number of nitrogens with zero attached hydrogens (tertiary/aromatic N) is 2. The van der Waals surface area contributed by atoms with Crippen LogP contribution in [0.2, 0.25) is 0 Å². The Labute approximate surface area is 148 Å². The highest BCUT2D eigenvalue weighted by molar-refractivity contribution is 5.80. The van der Waals surface area contributed by atoms with Crippen molar-refractivity contribution in [3.63, 3.8) is 0 Å². The van der Waals surface area contributed by atoms with E-state index in [2.05, 4.69) is 4.57 Å². The lowest BCUT2D eigenvalue weighted by Gasteiger charge is -2.34. The Hall–Kier alpha value is -2.10. The van der Waals surface area contributed by atoms with E-state index < -0.39 is 0 Å². The number of hydrogen-bond donors (Lipinski definition) is 0. The number of fused-ring (bicyclic) bond motifs is 1. The molecular formula is C21H25FN2O. The molecule has 1 aliphatic carbocycles. The van der Waals surface area contributed by atoms with Gasteiger partial charge in [-0.05, 0) is 37.5 Å². The molecule has 1 fully saturated rings. The van der Waals surface area contributed by atoms with E-state index in [1.165, 1.54) is 12.5 Å². The minimum absolute atomic E-state index is 0.101. The third-order valence-electron chi connectivity index (χ3n) is 5.69. The van der Waals surface area contributed by atoms with E-state index in [0.717, 1.165) is 44.3 Å². The maximum atomic E-state index is 14.6. The molecule has 2 heterocycles. The molecule has 0 radical (unpaired) electrons. The van der Waals surface area contributed by atoms with E-state index in [1.807, 2.05) is 35.4 Å². The monoisotopic (exact) mass is 340 g/mol. The van der Waals surface area contributed by atoms with E-state index in [9.17, 15) is 9.18 Å². The van der Waals surface area contributed by atoms with Gasteiger partial charge in [0.1, 0.15) is 11.9 Å². The predicted molar refractivity (Wildman–Crippen MR) is 95.6 cm³/mol. The number of rotatable bonds is 2. The summed E-state index contributed by atoms with van der Waals surface area (Å²) in [7, 11) is 0. The van der Waals surface area contributed by atoms with Crippen molar-refractivity contribution in [2.24, 2.45) is 5.92 Å². The van der Waals surface area contributed by atoms with Gasteiger partial charge in [-0.25, -0.2) is 4.39 Å². The molecule has 1 amide bonds. The van der Waals surface area contributed by atoms with Crippen molar-refractivity contribution in [1.29, 1.82) is 0 Å². The molecule has 1 aromatic heterocycles. The van der Waals surface area contributed by atoms with Gasteiger partial charge in [0.25, 0.3) is 0 Å². The Bertz CT molecular complexity index is 748. The summed E-state index contributed by atoms with van der Waals surface area (Å²) in [5.41, 5.74) is 1.63. The summed E-state index contributed by atoms with van der Waals surface area (Å²) in [4.78, 5) is 15.3. The Balaban J connectivity index is 1.75. The SMILES string of the molecule is O=C(C1CCCCC1)N1CCCn2cccc2C1c1ccccc1F. The zero-order valence-electron chi connectivity index (χ0n) is 14.5. The molecular weight excluding hydrogens is 315 g/mol. The first-order chi connectivity index (χ1) is 12.3. The standard InChI is InChI=1S/C21H25FN2O/c22-18-11-5-4-10-17(18)20-19-12-6-13-23(19)14-7-15-24(20)21(25)16-8-2-1-3-9-16/h4-6,10-13,16,20H,1-3,7-9,14-15H2. The van der Waals surface area contributed by atoms with Crippen LogP contribution in [0.25, 0.3) is 0 Å². The molecule has 25 heavy (non-hydrogen) atoms. The van der Waals surface area contributed by atoms with Gasteiger partial charge in [0.05, 0.1) is 0 Å². The highest BCUT2D eigenvalue weighted by Crippen LogP contribution is 2.36. The Morgan fingerprint density at radius 2 is 1.76 bits per heavy atom. The molecule has 4 rings (SSSR count). The lowest BCUT2D eigenvalue weighted by atomic mass is 9.87. The van der Waals surface area contributed by atoms with Gasteiger partial charge in [0.15, 0.2) is 0 Å². The van der Waals surface area contributed by atoms with Crippen LogP contribution in [0.1, 0.15) is 55.8 Å². The van der Waals surface area contributed by atoms with Crippen molar-refractivity contribution in [2.45, 2.75) is 51.1 Å². The number of hydrogen-bond acceptors (Lipinski definition) is 1. The van der Waals surface area contributed by atoms with Crippen LogP contribution in [0.5, 0.6) is 0 Å². The van der Waals surface area contributed by atoms with Crippen molar-refractivity contribution in [3.05, 3.63) is 59.7 Å². The summed E-state index contributed by atoms with van der Waals surface area (Å²) in [5, 5.41) is 0. The first-order valence-corrected chi connectivity index (χ1v) is 9.45. The maximum Gasteiger partial charge on any atom is 0.226 e. The molecule has 2 aromatic rings. The van der Waals surface area contributed by atoms with Gasteiger partial charge in [-0.15, -0.1) is 0 Å². The van der Waals surface area contributed by atoms with Gasteiger partial charge in [-0.2, -0.15) is 0 Å². The van der Waals surface area contributed by atoms with Crippen molar-refractivity contribution in [1.82, 2.24) is 9.47 Å². The van der Waals surface area contributed by atoms with Crippen molar-refractivity contribution in [2.75, 3.05) is 6.54 Å². The second-order valence-corrected chi connectivity index (χ2v) is 7.27. The number of benzene rings is 1. The Morgan fingerprint density at radius 1 is 0.960 bits per heavy atom. The summed E-state index contributed by atoms with van der Waals surface area (Å²) in [6.45, 7) is 1.57. The number of carbonyl (C=O) groups is 1. The second kappa shape index (κ2) is 7.03. The quantitative estimate of drug-likeness (QED) is 0.788. The largest absolute Gasteiger partial charge is 0.349 e. The molecule has 2 aliphatic rings. The number of aryl methyl sites for hydroxylation is 1. The van der Waals surface area contributed by atoms with E-state index >= 15 is 0 Å². The average molecular weight is 340 g/mol. The minimum atomic E-state index is -0.326. The number of carbonyl (C=O) groups excluding carboxylic acids is 1. The van der Waals surface area contributed by atoms with Gasteiger partial charge >= 0.3 is 0 Å². The van der Waals surface area contributed by atoms with Crippen LogP contribution in [-0.4, -0.2) is 21.9 Å². The molecule has 1 atom stereocenters. The van der Waals surface area contributed by atoms with Crippen LogP contribution >= 0.6 is 0 Å². The van der Waals surface area contributed by atoms with Gasteiger partial charge in [0, 0.05) is 36.5 Å². The van der Waals surface area contributed by atoms with Crippen LogP contribution < -0.4 is 0 Å². The number of amides is 1. The van der Waals surface area contributed by atoms with Crippen LogP contribution in [-0.2, 0) is 11.3 Å². The third kappa shape index (κ3) is 3.10. The van der Waals surface area contributed by atoms with Gasteiger partial charge in [-0.3, -0.25) is 4.79 Å². The van der Waals surface area contributed by atoms with Crippen LogP contribution in [0, 0.1) is 11.7 Å². The smallest absolute Gasteiger partial charge is 0.226 e. The third-order valence-corrected chi connectivity index (χ3v) is 5.69. The van der Waals surface area contributed by atoms with Crippen LogP contribution in [0.3, 0.4) is 0 Å². The molecule has 4 heteroatoms. The fraction of sp³-hybridized carbons (Fsp3) is 0.476. The van der Waals surface area contributed by atoms with E-state index in [0.29, 0.717) is 12.1 Å². The average Bonchev–Trinajstić information content (AvgIpc) is 3.03. The van der Waals surface area contributed by atoms with Gasteiger partial charge in [-0.1, -0.05) is 37.5 Å². The molecule has 1 saturated carbocycles. The maximum absolute atomic E-state index is 14.6. The lowest BCUT2D eigenvalue weighted by molar-refractivity contribution is -0.138. The molecule has 0 N–H and O–H groups in total. The first-order valence-electron chi connectivity index (χ1n) is 9.45. The predicted octanol–water partition coefficient (Wildman–Crippen LogP) is 4.53. The number of halogens is 1. The van der Waals surface area contributed by atoms with E-state index in [4.69, 9.17) is 0 Å². The normalized spacial score (nSPS) is 21.6. The summed E-state index contributed by atoms with van der Waals surface area (Å²) in [5.74, 6) is 0.0794. The van der Waals surface area contributed by atoms with Gasteiger partial charge < -0.3 is 9.47 Å². The summed E-state index contributed by atoms with van der Waals surface area (Å²) < 4.78 is 16.8. The summed E-state index contributed by atoms with van der Waals surface area (Å²) in [6, 6.07) is 10.6. The van der Waals surface area contributed by atoms with E-state index in [-0.39, 0.29) is 23.7 Å². The van der Waals surface area contributed by atoms with Crippen molar-refractivity contribution < 1.29 is 9.18 Å². The summed E-state index contributed by atoms with van der Waals surface area (Å²) in [6.07, 6.45) is 8.38. The zero-order chi connectivity index (χ0) is 17.2. The molecule has 3 nitrogen and oxygen atoms in total. The highest BCUT2D eigenvalue weighted by atomic mass is 19.1. The zero-order valence-corrected chi connectivity index (χ0v) is 14.5. The molecule has 1 aromatic carbocycles. The minimum Gasteiger partial charge on any atom is -0.349 e. The van der Waals surface area contributed by atoms with Crippen molar-refractivity contribution in [3.8, 4) is 0 Å². The topological polar surface area (TPSA) is 25.2 Å². The van der Waals surface area contributed by atoms with E-state index in [1.54, 1.807) is 6.07 Å². The molecule has 1 unspecified atom stereocenters. The molecule has 0 spiro atoms. The highest BCUT2D eigenvalue weighted by Gasteiger charge is 2.35. The fourth-order valence-corrected chi connectivity index (χ4v) is 4.42. The van der Waals surface area contributed by atoms with Crippen molar-refractivity contribution >= 4 is 5.91 Å². The van der Waals surface area contributed by atoms with Crippen LogP contribution in [0.4, 0.5) is 4.39 Å². The number of aromatic nitrogens is 1. The Morgan fingerprint density at radius 3 is 2.56 bits per heavy atom. The van der Waals surface area contributed by atoms with Crippen LogP contribution in [0.15, 0.2) is 42.6 Å². The first kappa shape index (κ1) is 16.4. The Kier molecular flexibility index (Phi) is 4.60. The molecule has 0 bridgehead atoms. The second-order valence-electron chi connectivity index (χ2n) is 7.27. The molecule has 132 valence electrons. The molecule has 1 aliphatic heterocycles. The molecule has 0 saturated heterocycles. The lowest BCUT2D eigenvalue weighted by Crippen LogP contribution is -2.40.